The molecule has 0 amide bonds. The molecule has 0 aliphatic carbocycles. The van der Waals surface area contributed by atoms with E-state index in [0.717, 1.165) is 31.0 Å². The van der Waals surface area contributed by atoms with E-state index in [1.807, 2.05) is 0 Å². The Kier molecular flexibility index (Phi) is 3.13. The van der Waals surface area contributed by atoms with Crippen molar-refractivity contribution >= 4 is 16.6 Å². The Bertz CT molecular complexity index is 544. The Morgan fingerprint density at radius 1 is 1.00 bits per heavy atom. The van der Waals surface area contributed by atoms with Gasteiger partial charge in [-0.3, -0.25) is 0 Å². The van der Waals surface area contributed by atoms with E-state index in [2.05, 4.69) is 46.3 Å². The summed E-state index contributed by atoms with van der Waals surface area (Å²) in [6.45, 7) is 4.37. The lowest BCUT2D eigenvalue weighted by Crippen LogP contribution is -2.30. The molecule has 0 saturated carbocycles. The maximum Gasteiger partial charge on any atom is 0.159 e. The SMILES string of the molecule is CCc1nnc(N2CCCCC2)c2ccccc12. The molecule has 1 aromatic carbocycles. The lowest BCUT2D eigenvalue weighted by atomic mass is 10.1. The molecular weight excluding hydrogens is 222 g/mol. The predicted octanol–water partition coefficient (Wildman–Crippen LogP) is 3.18. The van der Waals surface area contributed by atoms with Crippen LogP contribution in [-0.2, 0) is 6.42 Å². The van der Waals surface area contributed by atoms with Gasteiger partial charge in [-0.1, -0.05) is 31.2 Å². The third kappa shape index (κ3) is 1.94. The first-order chi connectivity index (χ1) is 8.90. The Balaban J connectivity index is 2.12. The van der Waals surface area contributed by atoms with Crippen molar-refractivity contribution < 1.29 is 0 Å². The van der Waals surface area contributed by atoms with Crippen LogP contribution in [0.1, 0.15) is 31.9 Å². The summed E-state index contributed by atoms with van der Waals surface area (Å²) in [6, 6.07) is 8.52. The zero-order valence-corrected chi connectivity index (χ0v) is 10.9. The van der Waals surface area contributed by atoms with Gasteiger partial charge in [0.05, 0.1) is 5.69 Å². The number of hydrogen-bond donors (Lipinski definition) is 0. The van der Waals surface area contributed by atoms with E-state index in [-0.39, 0.29) is 0 Å². The minimum atomic E-state index is 0.938. The fourth-order valence-electron chi connectivity index (χ4n) is 2.75. The van der Waals surface area contributed by atoms with Crippen LogP contribution in [-0.4, -0.2) is 23.3 Å². The highest BCUT2D eigenvalue weighted by Crippen LogP contribution is 2.27. The summed E-state index contributed by atoms with van der Waals surface area (Å²) < 4.78 is 0. The Labute approximate surface area is 108 Å². The minimum absolute atomic E-state index is 0.938. The second kappa shape index (κ2) is 4.92. The molecule has 0 radical (unpaired) electrons. The van der Waals surface area contributed by atoms with E-state index in [9.17, 15) is 0 Å². The average molecular weight is 241 g/mol. The van der Waals surface area contributed by atoms with Crippen LogP contribution in [0.5, 0.6) is 0 Å². The fourth-order valence-corrected chi connectivity index (χ4v) is 2.75. The highest BCUT2D eigenvalue weighted by molar-refractivity contribution is 5.93. The zero-order valence-electron chi connectivity index (χ0n) is 10.9. The van der Waals surface area contributed by atoms with E-state index in [1.54, 1.807) is 0 Å². The first kappa shape index (κ1) is 11.5. The molecule has 1 aliphatic rings. The summed E-state index contributed by atoms with van der Waals surface area (Å²) in [6.07, 6.45) is 4.82. The molecule has 1 aliphatic heterocycles. The molecule has 1 saturated heterocycles. The molecule has 3 heteroatoms. The Morgan fingerprint density at radius 2 is 1.72 bits per heavy atom. The molecule has 3 rings (SSSR count). The van der Waals surface area contributed by atoms with E-state index in [0.29, 0.717) is 0 Å². The van der Waals surface area contributed by atoms with Crippen LogP contribution in [0.15, 0.2) is 24.3 Å². The van der Waals surface area contributed by atoms with Gasteiger partial charge in [-0.2, -0.15) is 5.10 Å². The predicted molar refractivity (Wildman–Crippen MR) is 75.0 cm³/mol. The monoisotopic (exact) mass is 241 g/mol. The first-order valence-electron chi connectivity index (χ1n) is 6.89. The first-order valence-corrected chi connectivity index (χ1v) is 6.89. The molecule has 2 aromatic rings. The van der Waals surface area contributed by atoms with Gasteiger partial charge >= 0.3 is 0 Å². The van der Waals surface area contributed by atoms with Crippen LogP contribution < -0.4 is 4.90 Å². The van der Waals surface area contributed by atoms with Crippen LogP contribution in [0, 0.1) is 0 Å². The van der Waals surface area contributed by atoms with Gasteiger partial charge in [0.25, 0.3) is 0 Å². The summed E-state index contributed by atoms with van der Waals surface area (Å²) >= 11 is 0. The zero-order chi connectivity index (χ0) is 12.4. The number of aromatic nitrogens is 2. The van der Waals surface area contributed by atoms with Crippen molar-refractivity contribution in [3.05, 3.63) is 30.0 Å². The minimum Gasteiger partial charge on any atom is -0.355 e. The molecule has 0 N–H and O–H groups in total. The number of aryl methyl sites for hydroxylation is 1. The second-order valence-electron chi connectivity index (χ2n) is 4.92. The number of nitrogens with zero attached hydrogens (tertiary/aromatic N) is 3. The number of hydrogen-bond acceptors (Lipinski definition) is 3. The van der Waals surface area contributed by atoms with Crippen LogP contribution in [0.2, 0.25) is 0 Å². The summed E-state index contributed by atoms with van der Waals surface area (Å²) in [5.41, 5.74) is 1.10. The third-order valence-electron chi connectivity index (χ3n) is 3.73. The highest BCUT2D eigenvalue weighted by atomic mass is 15.3. The molecule has 1 aromatic heterocycles. The molecular formula is C15H19N3. The van der Waals surface area contributed by atoms with E-state index in [1.165, 1.54) is 30.0 Å². The van der Waals surface area contributed by atoms with Gasteiger partial charge in [-0.15, -0.1) is 5.10 Å². The van der Waals surface area contributed by atoms with Crippen LogP contribution in [0.4, 0.5) is 5.82 Å². The molecule has 0 unspecified atom stereocenters. The van der Waals surface area contributed by atoms with Gasteiger partial charge in [0, 0.05) is 23.9 Å². The number of fused-ring (bicyclic) bond motifs is 1. The number of rotatable bonds is 2. The molecule has 2 heterocycles. The maximum atomic E-state index is 4.48. The van der Waals surface area contributed by atoms with Crippen molar-refractivity contribution in [1.29, 1.82) is 0 Å². The van der Waals surface area contributed by atoms with Crippen LogP contribution in [0.3, 0.4) is 0 Å². The standard InChI is InChI=1S/C15H19N3/c1-2-14-12-8-4-5-9-13(12)15(17-16-14)18-10-6-3-7-11-18/h4-5,8-9H,2-3,6-7,10-11H2,1H3. The van der Waals surface area contributed by atoms with Gasteiger partial charge < -0.3 is 4.90 Å². The molecule has 3 nitrogen and oxygen atoms in total. The molecule has 18 heavy (non-hydrogen) atoms. The average Bonchev–Trinajstić information content (AvgIpc) is 2.47. The molecule has 94 valence electrons. The summed E-state index contributed by atoms with van der Waals surface area (Å²) in [5, 5.41) is 11.4. The van der Waals surface area contributed by atoms with Crippen molar-refractivity contribution in [2.24, 2.45) is 0 Å². The van der Waals surface area contributed by atoms with E-state index >= 15 is 0 Å². The van der Waals surface area contributed by atoms with Gasteiger partial charge in [0.1, 0.15) is 0 Å². The summed E-state index contributed by atoms with van der Waals surface area (Å²) in [4.78, 5) is 2.39. The van der Waals surface area contributed by atoms with Gasteiger partial charge in [0.2, 0.25) is 0 Å². The smallest absolute Gasteiger partial charge is 0.159 e. The molecule has 0 atom stereocenters. The van der Waals surface area contributed by atoms with Crippen LogP contribution in [0.25, 0.3) is 10.8 Å². The largest absolute Gasteiger partial charge is 0.355 e. The maximum absolute atomic E-state index is 4.48. The van der Waals surface area contributed by atoms with E-state index in [4.69, 9.17) is 0 Å². The van der Waals surface area contributed by atoms with Crippen molar-refractivity contribution in [3.8, 4) is 0 Å². The van der Waals surface area contributed by atoms with Crippen molar-refractivity contribution in [3.63, 3.8) is 0 Å². The van der Waals surface area contributed by atoms with Crippen molar-refractivity contribution in [2.45, 2.75) is 32.6 Å². The molecule has 0 bridgehead atoms. The quantitative estimate of drug-likeness (QED) is 0.808. The Hall–Kier alpha value is -1.64. The van der Waals surface area contributed by atoms with E-state index < -0.39 is 0 Å². The van der Waals surface area contributed by atoms with Crippen molar-refractivity contribution in [2.75, 3.05) is 18.0 Å². The van der Waals surface area contributed by atoms with Gasteiger partial charge in [0.15, 0.2) is 5.82 Å². The lowest BCUT2D eigenvalue weighted by molar-refractivity contribution is 0.572. The second-order valence-corrected chi connectivity index (χ2v) is 4.92. The summed E-state index contributed by atoms with van der Waals surface area (Å²) in [7, 11) is 0. The normalized spacial score (nSPS) is 16.2. The Morgan fingerprint density at radius 3 is 2.44 bits per heavy atom. The van der Waals surface area contributed by atoms with Crippen molar-refractivity contribution in [1.82, 2.24) is 10.2 Å². The molecule has 0 spiro atoms. The highest BCUT2D eigenvalue weighted by Gasteiger charge is 2.16. The number of anilines is 1. The lowest BCUT2D eigenvalue weighted by Gasteiger charge is -2.28. The topological polar surface area (TPSA) is 29.0 Å². The number of piperidine rings is 1. The summed E-state index contributed by atoms with van der Waals surface area (Å²) in [5.74, 6) is 1.07. The molecule has 1 fully saturated rings. The third-order valence-corrected chi connectivity index (χ3v) is 3.73. The van der Waals surface area contributed by atoms with Gasteiger partial charge in [-0.25, -0.2) is 0 Å². The van der Waals surface area contributed by atoms with Gasteiger partial charge in [-0.05, 0) is 25.7 Å². The van der Waals surface area contributed by atoms with Crippen LogP contribution >= 0.6 is 0 Å². The number of benzene rings is 1. The fraction of sp³-hybridized carbons (Fsp3) is 0.467.